The Kier molecular flexibility index (Phi) is 5.65. The number of methoxy groups -OCH3 is 1. The summed E-state index contributed by atoms with van der Waals surface area (Å²) >= 11 is 0. The van der Waals surface area contributed by atoms with Crippen LogP contribution in [0.25, 0.3) is 6.08 Å². The van der Waals surface area contributed by atoms with E-state index in [1.807, 2.05) is 0 Å². The van der Waals surface area contributed by atoms with E-state index in [1.165, 1.54) is 10.4 Å². The summed E-state index contributed by atoms with van der Waals surface area (Å²) in [5.41, 5.74) is 1.16. The second-order valence-corrected chi connectivity index (χ2v) is 8.24. The third-order valence-corrected chi connectivity index (χ3v) is 6.46. The van der Waals surface area contributed by atoms with Gasteiger partial charge in [0.05, 0.1) is 12.0 Å². The van der Waals surface area contributed by atoms with Gasteiger partial charge in [-0.05, 0) is 42.3 Å². The lowest BCUT2D eigenvalue weighted by Gasteiger charge is -2.31. The normalized spacial score (nSPS) is 17.0. The topological polar surface area (TPSA) is 63.7 Å². The van der Waals surface area contributed by atoms with Gasteiger partial charge in [-0.1, -0.05) is 44.0 Å². The average molecular weight is 385 g/mol. The van der Waals surface area contributed by atoms with Crippen LogP contribution in [0.4, 0.5) is 0 Å². The van der Waals surface area contributed by atoms with Gasteiger partial charge in [-0.15, -0.1) is 0 Å². The van der Waals surface area contributed by atoms with Crippen molar-refractivity contribution in [1.29, 1.82) is 0 Å². The average Bonchev–Trinajstić information content (AvgIpc) is 2.69. The van der Waals surface area contributed by atoms with E-state index in [-0.39, 0.29) is 28.5 Å². The van der Waals surface area contributed by atoms with Crippen molar-refractivity contribution < 1.29 is 17.9 Å². The third-order valence-electron chi connectivity index (χ3n) is 4.59. The van der Waals surface area contributed by atoms with Crippen molar-refractivity contribution in [3.05, 3.63) is 65.4 Å². The minimum Gasteiger partial charge on any atom is -0.497 e. The number of hydrogen-bond donors (Lipinski definition) is 0. The number of nitrogens with zero attached hydrogens (tertiary/aromatic N) is 1. The fourth-order valence-electron chi connectivity index (χ4n) is 3.12. The van der Waals surface area contributed by atoms with Crippen LogP contribution in [0.1, 0.15) is 42.1 Å². The number of unbranched alkanes of at least 4 members (excludes halogenated alkanes) is 2. The molecule has 5 nitrogen and oxygen atoms in total. The predicted molar refractivity (Wildman–Crippen MR) is 105 cm³/mol. The lowest BCUT2D eigenvalue weighted by molar-refractivity contribution is 0.100. The molecule has 1 aliphatic heterocycles. The first-order valence-corrected chi connectivity index (χ1v) is 10.4. The van der Waals surface area contributed by atoms with E-state index in [1.54, 1.807) is 55.7 Å². The van der Waals surface area contributed by atoms with Gasteiger partial charge in [0.15, 0.2) is 0 Å². The Bertz CT molecular complexity index is 962. The molecular weight excluding hydrogens is 362 g/mol. The number of rotatable bonds is 6. The largest absolute Gasteiger partial charge is 0.497 e. The van der Waals surface area contributed by atoms with Crippen LogP contribution < -0.4 is 4.74 Å². The first-order valence-electron chi connectivity index (χ1n) is 9.01. The first-order chi connectivity index (χ1) is 13.0. The van der Waals surface area contributed by atoms with Crippen LogP contribution in [0.15, 0.2) is 59.1 Å². The highest BCUT2D eigenvalue weighted by Crippen LogP contribution is 2.33. The van der Waals surface area contributed by atoms with Crippen molar-refractivity contribution in [2.45, 2.75) is 31.1 Å². The van der Waals surface area contributed by atoms with Crippen LogP contribution >= 0.6 is 0 Å². The molecular formula is C21H23NO4S. The number of fused-ring (bicyclic) bond motifs is 1. The van der Waals surface area contributed by atoms with Gasteiger partial charge in [-0.2, -0.15) is 0 Å². The van der Waals surface area contributed by atoms with Crippen molar-refractivity contribution in [3.8, 4) is 5.75 Å². The first kappa shape index (κ1) is 19.2. The molecule has 0 radical (unpaired) electrons. The Morgan fingerprint density at radius 3 is 2.41 bits per heavy atom. The van der Waals surface area contributed by atoms with Crippen molar-refractivity contribution in [3.63, 3.8) is 0 Å². The summed E-state index contributed by atoms with van der Waals surface area (Å²) in [5, 5.41) is 0. The van der Waals surface area contributed by atoms with Crippen LogP contribution in [0, 0.1) is 0 Å². The van der Waals surface area contributed by atoms with Crippen LogP contribution in [-0.2, 0) is 10.0 Å². The van der Waals surface area contributed by atoms with E-state index >= 15 is 0 Å². The Labute approximate surface area is 160 Å². The highest BCUT2D eigenvalue weighted by atomic mass is 32.2. The lowest BCUT2D eigenvalue weighted by atomic mass is 10.0. The molecule has 0 amide bonds. The number of ether oxygens (including phenoxy) is 1. The number of sulfonamides is 1. The maximum absolute atomic E-state index is 13.2. The smallest absolute Gasteiger partial charge is 0.265 e. The number of carbonyl (C=O) groups excluding carboxylic acids is 1. The van der Waals surface area contributed by atoms with E-state index < -0.39 is 10.0 Å². The number of benzene rings is 2. The maximum atomic E-state index is 13.2. The summed E-state index contributed by atoms with van der Waals surface area (Å²) in [6, 6.07) is 13.6. The van der Waals surface area contributed by atoms with Crippen LogP contribution in [0.2, 0.25) is 0 Å². The molecule has 6 heteroatoms. The van der Waals surface area contributed by atoms with Gasteiger partial charge in [0.1, 0.15) is 11.4 Å². The minimum atomic E-state index is -3.76. The fourth-order valence-corrected chi connectivity index (χ4v) is 4.81. The molecule has 0 aromatic heterocycles. The molecule has 0 aliphatic carbocycles. The van der Waals surface area contributed by atoms with Crippen LogP contribution in [0.3, 0.4) is 0 Å². The zero-order valence-electron chi connectivity index (χ0n) is 15.5. The number of hydrogen-bond acceptors (Lipinski definition) is 4. The molecule has 0 fully saturated rings. The molecule has 1 aliphatic rings. The predicted octanol–water partition coefficient (Wildman–Crippen LogP) is 4.11. The molecule has 3 rings (SSSR count). The van der Waals surface area contributed by atoms with Crippen molar-refractivity contribution in [1.82, 2.24) is 4.31 Å². The summed E-state index contributed by atoms with van der Waals surface area (Å²) in [6.07, 6.45) is 4.21. The molecule has 0 N–H and O–H groups in total. The summed E-state index contributed by atoms with van der Waals surface area (Å²) in [4.78, 5) is 13.2. The quantitative estimate of drug-likeness (QED) is 0.554. The van der Waals surface area contributed by atoms with Crippen molar-refractivity contribution in [2.24, 2.45) is 0 Å². The minimum absolute atomic E-state index is 0.0818. The number of ketones is 1. The molecule has 0 bridgehead atoms. The molecule has 27 heavy (non-hydrogen) atoms. The van der Waals surface area contributed by atoms with Gasteiger partial charge in [0.2, 0.25) is 5.78 Å². The molecule has 0 saturated carbocycles. The number of carbonyl (C=O) groups is 1. The zero-order chi connectivity index (χ0) is 19.4. The van der Waals surface area contributed by atoms with E-state index in [0.29, 0.717) is 12.2 Å². The molecule has 2 aromatic rings. The molecule has 0 spiro atoms. The third kappa shape index (κ3) is 3.76. The van der Waals surface area contributed by atoms with Gasteiger partial charge < -0.3 is 4.74 Å². The maximum Gasteiger partial charge on any atom is 0.265 e. The lowest BCUT2D eigenvalue weighted by Crippen LogP contribution is -2.39. The Hall–Kier alpha value is -2.60. The van der Waals surface area contributed by atoms with Crippen molar-refractivity contribution >= 4 is 21.9 Å². The Morgan fingerprint density at radius 1 is 1.04 bits per heavy atom. The van der Waals surface area contributed by atoms with Crippen molar-refractivity contribution in [2.75, 3.05) is 13.7 Å². The summed E-state index contributed by atoms with van der Waals surface area (Å²) in [7, 11) is -2.18. The molecule has 142 valence electrons. The van der Waals surface area contributed by atoms with Gasteiger partial charge in [0.25, 0.3) is 10.0 Å². The summed E-state index contributed by atoms with van der Waals surface area (Å²) in [5.74, 6) is 0.428. The standard InChI is InChI=1S/C21H23NO4S/c1-3-4-7-14-22-19(15-16-10-12-17(26-2)13-11-16)21(23)18-8-5-6-9-20(18)27(22,24)25/h5-6,8-13,15H,3-4,7,14H2,1-2H3/b19-15+. The summed E-state index contributed by atoms with van der Waals surface area (Å²) in [6.45, 7) is 2.34. The Morgan fingerprint density at radius 2 is 1.74 bits per heavy atom. The second kappa shape index (κ2) is 7.96. The monoisotopic (exact) mass is 385 g/mol. The Balaban J connectivity index is 2.10. The molecule has 0 saturated heterocycles. The van der Waals surface area contributed by atoms with Crippen LogP contribution in [-0.4, -0.2) is 32.2 Å². The molecule has 1 heterocycles. The molecule has 0 unspecified atom stereocenters. The van der Waals surface area contributed by atoms with Gasteiger partial charge >= 0.3 is 0 Å². The van der Waals surface area contributed by atoms with Gasteiger partial charge in [-0.25, -0.2) is 8.42 Å². The van der Waals surface area contributed by atoms with E-state index in [2.05, 4.69) is 6.92 Å². The van der Waals surface area contributed by atoms with E-state index in [4.69, 9.17) is 4.74 Å². The van der Waals surface area contributed by atoms with E-state index in [9.17, 15) is 13.2 Å². The fraction of sp³-hybridized carbons (Fsp3) is 0.286. The molecule has 2 aromatic carbocycles. The second-order valence-electron chi connectivity index (χ2n) is 6.41. The van der Waals surface area contributed by atoms with Gasteiger partial charge in [-0.3, -0.25) is 9.10 Å². The van der Waals surface area contributed by atoms with Gasteiger partial charge in [0, 0.05) is 12.1 Å². The number of Topliss-reactive ketones (excluding diaryl/α,β-unsaturated/α-hetero) is 1. The highest BCUT2D eigenvalue weighted by Gasteiger charge is 2.38. The number of allylic oxidation sites excluding steroid dienone is 1. The summed E-state index contributed by atoms with van der Waals surface area (Å²) < 4.78 is 32.7. The molecule has 0 atom stereocenters. The van der Waals surface area contributed by atoms with Crippen LogP contribution in [0.5, 0.6) is 5.75 Å². The zero-order valence-corrected chi connectivity index (χ0v) is 16.3. The van der Waals surface area contributed by atoms with E-state index in [0.717, 1.165) is 18.4 Å². The SMILES string of the molecule is CCCCCN1/C(=C/c2ccc(OC)cc2)C(=O)c2ccccc2S1(=O)=O. The highest BCUT2D eigenvalue weighted by molar-refractivity contribution is 7.89.